The summed E-state index contributed by atoms with van der Waals surface area (Å²) in [6, 6.07) is 45.5. The van der Waals surface area contributed by atoms with Crippen molar-refractivity contribution in [2.45, 2.75) is 72.8 Å². The molecular formula is C53H48Cl8Zr. The predicted molar refractivity (Wildman–Crippen MR) is 273 cm³/mol. The quantitative estimate of drug-likeness (QED) is 0.146. The first-order chi connectivity index (χ1) is 28.3. The van der Waals surface area contributed by atoms with Gasteiger partial charge in [0, 0.05) is 0 Å². The van der Waals surface area contributed by atoms with E-state index < -0.39 is 28.9 Å². The number of alkyl halides is 6. The molecule has 0 amide bonds. The summed E-state index contributed by atoms with van der Waals surface area (Å²) < 4.78 is 0.909. The normalized spacial score (nSPS) is 13.5. The number of fused-ring (bicyclic) bond motifs is 3. The molecule has 6 aromatic carbocycles. The van der Waals surface area contributed by atoms with E-state index in [1.54, 1.807) is 0 Å². The number of benzene rings is 6. The summed E-state index contributed by atoms with van der Waals surface area (Å²) in [4.78, 5) is 0. The van der Waals surface area contributed by atoms with Gasteiger partial charge in [0.2, 0.25) is 0 Å². The van der Waals surface area contributed by atoms with Gasteiger partial charge >= 0.3 is 397 Å². The topological polar surface area (TPSA) is 0 Å². The summed E-state index contributed by atoms with van der Waals surface area (Å²) >= 11 is 36.5. The predicted octanol–water partition coefficient (Wildman–Crippen LogP) is 17.0. The molecule has 0 fully saturated rings. The van der Waals surface area contributed by atoms with Crippen molar-refractivity contribution in [2.75, 3.05) is 0 Å². The van der Waals surface area contributed by atoms with Crippen LogP contribution >= 0.6 is 94.4 Å². The Kier molecular flexibility index (Phi) is 15.1. The number of hydrogen-bond donors (Lipinski definition) is 0. The molecule has 0 atom stereocenters. The Morgan fingerprint density at radius 2 is 1.05 bits per heavy atom. The van der Waals surface area contributed by atoms with Gasteiger partial charge in [-0.3, -0.25) is 0 Å². The molecule has 0 bridgehead atoms. The van der Waals surface area contributed by atoms with Crippen LogP contribution in [-0.4, -0.2) is 3.21 Å². The summed E-state index contributed by atoms with van der Waals surface area (Å²) in [5.74, 6) is 0. The van der Waals surface area contributed by atoms with E-state index in [4.69, 9.17) is 69.6 Å². The molecule has 9 heteroatoms. The molecule has 62 heavy (non-hydrogen) atoms. The molecule has 0 heterocycles. The van der Waals surface area contributed by atoms with Crippen molar-refractivity contribution >= 4 is 101 Å². The molecule has 0 nitrogen and oxygen atoms in total. The van der Waals surface area contributed by atoms with E-state index in [2.05, 4.69) is 163 Å². The Morgan fingerprint density at radius 1 is 0.532 bits per heavy atom. The van der Waals surface area contributed by atoms with Gasteiger partial charge in [0.25, 0.3) is 0 Å². The van der Waals surface area contributed by atoms with Crippen molar-refractivity contribution in [3.05, 3.63) is 193 Å². The van der Waals surface area contributed by atoms with Gasteiger partial charge in [-0.05, 0) is 0 Å². The van der Waals surface area contributed by atoms with Gasteiger partial charge in [-0.15, -0.1) is 24.8 Å². The second-order valence-corrected chi connectivity index (χ2v) is 28.3. The van der Waals surface area contributed by atoms with E-state index in [1.165, 1.54) is 65.4 Å². The number of rotatable bonds is 6. The van der Waals surface area contributed by atoms with Gasteiger partial charge in [0.1, 0.15) is 0 Å². The molecule has 6 aromatic rings. The molecule has 0 aromatic heterocycles. The summed E-state index contributed by atoms with van der Waals surface area (Å²) in [7, 11) is 0. The van der Waals surface area contributed by atoms with Crippen LogP contribution in [0.25, 0.3) is 33.4 Å². The van der Waals surface area contributed by atoms with E-state index in [0.29, 0.717) is 11.1 Å². The van der Waals surface area contributed by atoms with E-state index in [-0.39, 0.29) is 35.6 Å². The SMILES string of the molecule is CC(C)(C)c1cc2c(cc1-c1ccccc1)Cc1c-2cc(C(C)(C)C)c(-c2ccccc2)[c]1[Zr]([C]1=CC=CC1)=[C](c1cccc(C(Cl)(Cl)Cl)c1)c1cccc(C(Cl)(Cl)Cl)c1.Cl.Cl. The molecule has 0 radical (unpaired) electrons. The third-order valence-corrected chi connectivity index (χ3v) is 20.7. The molecule has 0 aliphatic heterocycles. The summed E-state index contributed by atoms with van der Waals surface area (Å²) in [5.41, 5.74) is 16.1. The van der Waals surface area contributed by atoms with Crippen molar-refractivity contribution in [1.29, 1.82) is 0 Å². The molecule has 2 aliphatic rings. The standard InChI is InChI=1S/C33H33.C15H8Cl6.C5H5.2ClH.Zr/c1-32(2,3)30-20-26-24(18-28(30)22-13-9-7-10-14-22)17-25-19-29(23-15-11-8-12-16-23)31(21-27(25)26)33(4,5)6;16-14(17,18)12-5-1-3-10(8-12)7-11-4-2-6-13(9-11)15(19,20)21;1-2-4-5-3-1;;;/h7-16,18,20-21H,17H2,1-6H3;1-6,8-9H;1-3H,4H2;2*1H;. The maximum absolute atomic E-state index is 6.66. The van der Waals surface area contributed by atoms with Crippen LogP contribution in [0.2, 0.25) is 0 Å². The van der Waals surface area contributed by atoms with Crippen LogP contribution in [0.15, 0.2) is 149 Å². The third kappa shape index (κ3) is 9.99. The van der Waals surface area contributed by atoms with Gasteiger partial charge < -0.3 is 0 Å². The largest absolute Gasteiger partial charge is 0.147 e. The van der Waals surface area contributed by atoms with Gasteiger partial charge in [-0.1, -0.05) is 0 Å². The van der Waals surface area contributed by atoms with E-state index in [0.717, 1.165) is 24.0 Å². The van der Waals surface area contributed by atoms with Crippen LogP contribution in [-0.2, 0) is 46.1 Å². The van der Waals surface area contributed by atoms with Crippen molar-refractivity contribution in [2.24, 2.45) is 0 Å². The molecular weight excluding hydrogens is 1010 g/mol. The Morgan fingerprint density at radius 3 is 1.53 bits per heavy atom. The van der Waals surface area contributed by atoms with Crippen molar-refractivity contribution in [3.63, 3.8) is 0 Å². The fraction of sp³-hybridized carbons (Fsp3) is 0.226. The molecule has 0 saturated heterocycles. The van der Waals surface area contributed by atoms with Crippen molar-refractivity contribution in [3.8, 4) is 33.4 Å². The summed E-state index contributed by atoms with van der Waals surface area (Å²) in [6.07, 6.45) is 8.54. The van der Waals surface area contributed by atoms with Gasteiger partial charge in [0.05, 0.1) is 0 Å². The zero-order valence-corrected chi connectivity index (χ0v) is 44.0. The van der Waals surface area contributed by atoms with Crippen LogP contribution < -0.4 is 3.27 Å². The second kappa shape index (κ2) is 19.0. The van der Waals surface area contributed by atoms with Crippen LogP contribution in [0.5, 0.6) is 0 Å². The number of allylic oxidation sites excluding steroid dienone is 4. The van der Waals surface area contributed by atoms with Crippen molar-refractivity contribution in [1.82, 2.24) is 0 Å². The maximum Gasteiger partial charge on any atom is -0.147 e. The molecule has 0 saturated carbocycles. The Labute approximate surface area is 417 Å². The van der Waals surface area contributed by atoms with Gasteiger partial charge in [0.15, 0.2) is 0 Å². The zero-order chi connectivity index (χ0) is 42.8. The fourth-order valence-electron chi connectivity index (χ4n) is 8.86. The fourth-order valence-corrected chi connectivity index (χ4v) is 18.0. The maximum atomic E-state index is 6.66. The van der Waals surface area contributed by atoms with E-state index in [9.17, 15) is 0 Å². The zero-order valence-electron chi connectivity index (χ0n) is 35.4. The van der Waals surface area contributed by atoms with Crippen LogP contribution in [0, 0.1) is 0 Å². The Bertz CT molecular complexity index is 2660. The Balaban J connectivity index is 0.00000321. The van der Waals surface area contributed by atoms with E-state index in [1.807, 2.05) is 24.3 Å². The van der Waals surface area contributed by atoms with Gasteiger partial charge in [-0.25, -0.2) is 0 Å². The molecule has 0 unspecified atom stereocenters. The van der Waals surface area contributed by atoms with Crippen molar-refractivity contribution < 1.29 is 21.3 Å². The monoisotopic (exact) mass is 1050 g/mol. The summed E-state index contributed by atoms with van der Waals surface area (Å²) in [6.45, 7) is 14.0. The molecule has 320 valence electrons. The number of halogens is 8. The molecule has 8 rings (SSSR count). The average molecular weight is 1060 g/mol. The first-order valence-electron chi connectivity index (χ1n) is 20.3. The minimum Gasteiger partial charge on any atom is -0.147 e. The van der Waals surface area contributed by atoms with Crippen LogP contribution in [0.4, 0.5) is 0 Å². The minimum absolute atomic E-state index is 0. The first kappa shape index (κ1) is 49.3. The molecule has 0 spiro atoms. The third-order valence-electron chi connectivity index (χ3n) is 11.6. The minimum atomic E-state index is -3.44. The van der Waals surface area contributed by atoms with E-state index >= 15 is 0 Å². The smallest absolute Gasteiger partial charge is 0.147 e. The second-order valence-electron chi connectivity index (χ2n) is 17.9. The number of hydrogen-bond acceptors (Lipinski definition) is 0. The van der Waals surface area contributed by atoms with Crippen LogP contribution in [0.1, 0.15) is 92.5 Å². The molecule has 0 N–H and O–H groups in total. The molecule has 2 aliphatic carbocycles. The summed E-state index contributed by atoms with van der Waals surface area (Å²) in [5, 5.41) is 0. The average Bonchev–Trinajstić information content (AvgIpc) is 3.87. The van der Waals surface area contributed by atoms with Crippen LogP contribution in [0.3, 0.4) is 0 Å². The Hall–Kier alpha value is -2.13. The van der Waals surface area contributed by atoms with Gasteiger partial charge in [-0.2, -0.15) is 0 Å². The first-order valence-corrected chi connectivity index (χ1v) is 26.2.